The maximum atomic E-state index is 5.30. The van der Waals surface area contributed by atoms with Gasteiger partial charge in [0.1, 0.15) is 0 Å². The molecule has 148 valence electrons. The van der Waals surface area contributed by atoms with E-state index in [-0.39, 0.29) is 0 Å². The van der Waals surface area contributed by atoms with Crippen molar-refractivity contribution < 1.29 is 4.74 Å². The molecule has 1 fully saturated rings. The van der Waals surface area contributed by atoms with Crippen LogP contribution in [0.5, 0.6) is 0 Å². The number of ether oxygens (including phenoxy) is 1. The van der Waals surface area contributed by atoms with Gasteiger partial charge >= 0.3 is 0 Å². The third-order valence-electron chi connectivity index (χ3n) is 5.90. The lowest BCUT2D eigenvalue weighted by Crippen LogP contribution is -2.48. The Balaban J connectivity index is 2.65. The highest BCUT2D eigenvalue weighted by molar-refractivity contribution is 5.79. The average Bonchev–Trinajstić information content (AvgIpc) is 2.56. The number of likely N-dealkylation sites (N-methyl/N-ethyl adjacent to an activating group) is 1. The first kappa shape index (κ1) is 22.2. The smallest absolute Gasteiger partial charge is 0.191 e. The Morgan fingerprint density at radius 2 is 1.84 bits per heavy atom. The first-order chi connectivity index (χ1) is 12.0. The van der Waals surface area contributed by atoms with Gasteiger partial charge < -0.3 is 20.3 Å². The molecule has 0 aromatic heterocycles. The number of guanidine groups is 1. The summed E-state index contributed by atoms with van der Waals surface area (Å²) in [6.45, 7) is 10.3. The second-order valence-corrected chi connectivity index (χ2v) is 7.78. The van der Waals surface area contributed by atoms with Crippen molar-refractivity contribution in [3.05, 3.63) is 0 Å². The van der Waals surface area contributed by atoms with Gasteiger partial charge in [0.2, 0.25) is 0 Å². The van der Waals surface area contributed by atoms with E-state index in [9.17, 15) is 0 Å². The lowest BCUT2D eigenvalue weighted by atomic mass is 9.67. The summed E-state index contributed by atoms with van der Waals surface area (Å²) in [5.41, 5.74) is 0.370. The van der Waals surface area contributed by atoms with Crippen molar-refractivity contribution in [1.82, 2.24) is 15.5 Å². The maximum absolute atomic E-state index is 5.30. The zero-order valence-electron chi connectivity index (χ0n) is 17.5. The topological polar surface area (TPSA) is 48.9 Å². The van der Waals surface area contributed by atoms with Gasteiger partial charge in [-0.3, -0.25) is 4.99 Å². The Kier molecular flexibility index (Phi) is 10.4. The van der Waals surface area contributed by atoms with Gasteiger partial charge in [-0.25, -0.2) is 0 Å². The SMILES string of the molecule is CCNC(=NCC1(CCOC)CCC1)NCC(C(CC)CC)N(C)C. The van der Waals surface area contributed by atoms with Crippen molar-refractivity contribution in [3.8, 4) is 0 Å². The second-order valence-electron chi connectivity index (χ2n) is 7.78. The van der Waals surface area contributed by atoms with Gasteiger partial charge in [-0.2, -0.15) is 0 Å². The standard InChI is InChI=1S/C20H42N4O/c1-7-17(8-2)18(24(4)5)15-22-19(21-9-3)23-16-20(11-10-12-20)13-14-25-6/h17-18H,7-16H2,1-6H3,(H2,21,22,23). The number of aliphatic imine (C=N–C) groups is 1. The fourth-order valence-electron chi connectivity index (χ4n) is 3.88. The number of methoxy groups -OCH3 is 1. The van der Waals surface area contributed by atoms with E-state index >= 15 is 0 Å². The van der Waals surface area contributed by atoms with Crippen LogP contribution in [0, 0.1) is 11.3 Å². The van der Waals surface area contributed by atoms with E-state index in [0.29, 0.717) is 17.4 Å². The molecule has 0 amide bonds. The van der Waals surface area contributed by atoms with Crippen LogP contribution in [0.3, 0.4) is 0 Å². The maximum Gasteiger partial charge on any atom is 0.191 e. The van der Waals surface area contributed by atoms with Crippen molar-refractivity contribution in [2.24, 2.45) is 16.3 Å². The molecule has 1 unspecified atom stereocenters. The molecule has 1 aliphatic rings. The van der Waals surface area contributed by atoms with Crippen molar-refractivity contribution in [2.75, 3.05) is 47.4 Å². The van der Waals surface area contributed by atoms with Crippen LogP contribution in [-0.4, -0.2) is 64.3 Å². The molecule has 1 aliphatic carbocycles. The third kappa shape index (κ3) is 7.14. The zero-order valence-corrected chi connectivity index (χ0v) is 17.5. The molecule has 0 aromatic rings. The van der Waals surface area contributed by atoms with Crippen LogP contribution in [0.1, 0.15) is 59.3 Å². The summed E-state index contributed by atoms with van der Waals surface area (Å²) < 4.78 is 5.30. The van der Waals surface area contributed by atoms with Crippen LogP contribution in [0.25, 0.3) is 0 Å². The summed E-state index contributed by atoms with van der Waals surface area (Å²) in [7, 11) is 6.16. The zero-order chi connectivity index (χ0) is 18.7. The number of rotatable bonds is 12. The minimum atomic E-state index is 0.370. The highest BCUT2D eigenvalue weighted by Gasteiger charge is 2.36. The Morgan fingerprint density at radius 3 is 2.28 bits per heavy atom. The van der Waals surface area contributed by atoms with Crippen molar-refractivity contribution in [1.29, 1.82) is 0 Å². The Morgan fingerprint density at radius 1 is 1.16 bits per heavy atom. The molecular weight excluding hydrogens is 312 g/mol. The van der Waals surface area contributed by atoms with E-state index in [0.717, 1.165) is 38.6 Å². The molecule has 0 bridgehead atoms. The van der Waals surface area contributed by atoms with Gasteiger partial charge in [0.15, 0.2) is 5.96 Å². The van der Waals surface area contributed by atoms with Crippen LogP contribution in [0.2, 0.25) is 0 Å². The lowest BCUT2D eigenvalue weighted by molar-refractivity contribution is 0.0778. The quantitative estimate of drug-likeness (QED) is 0.418. The van der Waals surface area contributed by atoms with Gasteiger partial charge in [0.05, 0.1) is 0 Å². The normalized spacial score (nSPS) is 18.3. The molecule has 0 saturated heterocycles. The highest BCUT2D eigenvalue weighted by Crippen LogP contribution is 2.44. The molecule has 0 heterocycles. The Bertz CT molecular complexity index is 376. The fourth-order valence-corrected chi connectivity index (χ4v) is 3.88. The van der Waals surface area contributed by atoms with Gasteiger partial charge in [-0.15, -0.1) is 0 Å². The molecule has 0 aliphatic heterocycles. The number of nitrogens with zero attached hydrogens (tertiary/aromatic N) is 2. The molecule has 1 atom stereocenters. The van der Waals surface area contributed by atoms with Gasteiger partial charge in [0.25, 0.3) is 0 Å². The molecule has 0 aromatic carbocycles. The molecule has 0 spiro atoms. The van der Waals surface area contributed by atoms with E-state index in [1.54, 1.807) is 7.11 Å². The third-order valence-corrected chi connectivity index (χ3v) is 5.90. The number of hydrogen-bond acceptors (Lipinski definition) is 3. The van der Waals surface area contributed by atoms with Crippen LogP contribution in [-0.2, 0) is 4.74 Å². The molecule has 2 N–H and O–H groups in total. The molecule has 25 heavy (non-hydrogen) atoms. The average molecular weight is 355 g/mol. The summed E-state index contributed by atoms with van der Waals surface area (Å²) in [6, 6.07) is 0.532. The molecule has 0 radical (unpaired) electrons. The van der Waals surface area contributed by atoms with Gasteiger partial charge in [-0.05, 0) is 51.6 Å². The second kappa shape index (κ2) is 11.7. The van der Waals surface area contributed by atoms with Crippen LogP contribution >= 0.6 is 0 Å². The molecule has 5 nitrogen and oxygen atoms in total. The number of nitrogens with one attached hydrogen (secondary N) is 2. The van der Waals surface area contributed by atoms with E-state index in [1.807, 2.05) is 0 Å². The van der Waals surface area contributed by atoms with E-state index in [2.05, 4.69) is 50.4 Å². The van der Waals surface area contributed by atoms with Crippen LogP contribution in [0.15, 0.2) is 4.99 Å². The van der Waals surface area contributed by atoms with Crippen molar-refractivity contribution >= 4 is 5.96 Å². The first-order valence-electron chi connectivity index (χ1n) is 10.2. The fraction of sp³-hybridized carbons (Fsp3) is 0.950. The molecular formula is C20H42N4O. The van der Waals surface area contributed by atoms with E-state index in [1.165, 1.54) is 32.1 Å². The lowest BCUT2D eigenvalue weighted by Gasteiger charge is -2.41. The summed E-state index contributed by atoms with van der Waals surface area (Å²) >= 11 is 0. The molecule has 1 saturated carbocycles. The van der Waals surface area contributed by atoms with E-state index in [4.69, 9.17) is 9.73 Å². The first-order valence-corrected chi connectivity index (χ1v) is 10.2. The predicted octanol–water partition coefficient (Wildman–Crippen LogP) is 3.11. The van der Waals surface area contributed by atoms with Gasteiger partial charge in [-0.1, -0.05) is 33.1 Å². The van der Waals surface area contributed by atoms with Crippen molar-refractivity contribution in [3.63, 3.8) is 0 Å². The van der Waals surface area contributed by atoms with Crippen molar-refractivity contribution in [2.45, 2.75) is 65.3 Å². The summed E-state index contributed by atoms with van der Waals surface area (Å²) in [6.07, 6.45) is 7.46. The summed E-state index contributed by atoms with van der Waals surface area (Å²) in [4.78, 5) is 7.27. The summed E-state index contributed by atoms with van der Waals surface area (Å²) in [5, 5.41) is 7.01. The summed E-state index contributed by atoms with van der Waals surface area (Å²) in [5.74, 6) is 1.68. The Labute approximate surface area is 156 Å². The van der Waals surface area contributed by atoms with Gasteiger partial charge in [0, 0.05) is 39.4 Å². The minimum Gasteiger partial charge on any atom is -0.385 e. The largest absolute Gasteiger partial charge is 0.385 e. The molecule has 5 heteroatoms. The Hall–Kier alpha value is -0.810. The van der Waals surface area contributed by atoms with E-state index < -0.39 is 0 Å². The highest BCUT2D eigenvalue weighted by atomic mass is 16.5. The predicted molar refractivity (Wildman–Crippen MR) is 108 cm³/mol. The number of hydrogen-bond donors (Lipinski definition) is 2. The monoisotopic (exact) mass is 354 g/mol. The van der Waals surface area contributed by atoms with Crippen LogP contribution < -0.4 is 10.6 Å². The molecule has 1 rings (SSSR count). The van der Waals surface area contributed by atoms with Crippen LogP contribution in [0.4, 0.5) is 0 Å². The minimum absolute atomic E-state index is 0.370.